The summed E-state index contributed by atoms with van der Waals surface area (Å²) in [5, 5.41) is 7.27. The molecule has 2 unspecified atom stereocenters. The van der Waals surface area contributed by atoms with Crippen molar-refractivity contribution in [2.75, 3.05) is 53.9 Å². The number of likely N-dealkylation sites (tertiary alicyclic amines) is 2. The Balaban J connectivity index is 1.55. The number of guanidine groups is 1. The largest absolute Gasteiger partial charge is 0.497 e. The first-order valence-electron chi connectivity index (χ1n) is 11.3. The Hall–Kier alpha value is -2.05. The molecule has 0 aromatic heterocycles. The Kier molecular flexibility index (Phi) is 8.58. The lowest BCUT2D eigenvalue weighted by atomic mass is 9.85. The van der Waals surface area contributed by atoms with E-state index in [9.17, 15) is 0 Å². The van der Waals surface area contributed by atoms with Gasteiger partial charge in [0, 0.05) is 45.3 Å². The average Bonchev–Trinajstić information content (AvgIpc) is 2.78. The minimum absolute atomic E-state index is 0.414. The molecule has 1 aromatic carbocycles. The summed E-state index contributed by atoms with van der Waals surface area (Å²) in [6.45, 7) is 9.14. The van der Waals surface area contributed by atoms with E-state index in [-0.39, 0.29) is 0 Å². The van der Waals surface area contributed by atoms with Gasteiger partial charge in [0.25, 0.3) is 0 Å². The third-order valence-corrected chi connectivity index (χ3v) is 6.54. The Bertz CT molecular complexity index is 681. The van der Waals surface area contributed by atoms with Crippen LogP contribution in [0, 0.1) is 5.92 Å². The van der Waals surface area contributed by atoms with Crippen molar-refractivity contribution in [1.82, 2.24) is 20.4 Å². The fourth-order valence-electron chi connectivity index (χ4n) is 4.86. The maximum Gasteiger partial charge on any atom is 0.191 e. The van der Waals surface area contributed by atoms with E-state index in [1.807, 2.05) is 13.1 Å². The van der Waals surface area contributed by atoms with Crippen LogP contribution in [0.2, 0.25) is 0 Å². The lowest BCUT2D eigenvalue weighted by molar-refractivity contribution is 0.122. The molecule has 0 saturated carbocycles. The number of rotatable bonds is 7. The van der Waals surface area contributed by atoms with Gasteiger partial charge in [0.05, 0.1) is 7.11 Å². The number of nitrogens with zero attached hydrogens (tertiary/aromatic N) is 3. The van der Waals surface area contributed by atoms with Crippen molar-refractivity contribution in [3.63, 3.8) is 0 Å². The summed E-state index contributed by atoms with van der Waals surface area (Å²) in [7, 11) is 5.83. The highest BCUT2D eigenvalue weighted by Crippen LogP contribution is 2.35. The molecular weight excluding hydrogens is 374 g/mol. The first kappa shape index (κ1) is 22.6. The van der Waals surface area contributed by atoms with Gasteiger partial charge in [0.15, 0.2) is 5.96 Å². The Morgan fingerprint density at radius 3 is 2.57 bits per heavy atom. The van der Waals surface area contributed by atoms with Gasteiger partial charge in [0.2, 0.25) is 0 Å². The van der Waals surface area contributed by atoms with Crippen LogP contribution in [0.5, 0.6) is 5.75 Å². The standard InChI is InChI=1S/C24H39N5O/c1-5-14-29-16-12-21(13-17-29)27-24(25-2)26-18-20-7-6-15-28(3)23(20)19-8-10-22(30-4)11-9-19/h5,8-11,20-21,23H,1,6-7,12-18H2,2-4H3,(H2,25,26,27). The average molecular weight is 414 g/mol. The summed E-state index contributed by atoms with van der Waals surface area (Å²) in [4.78, 5) is 9.44. The van der Waals surface area contributed by atoms with Crippen molar-refractivity contribution in [2.45, 2.75) is 37.8 Å². The maximum atomic E-state index is 5.34. The monoisotopic (exact) mass is 413 g/mol. The minimum atomic E-state index is 0.414. The van der Waals surface area contributed by atoms with Gasteiger partial charge in [-0.1, -0.05) is 18.2 Å². The Labute approximate surface area is 182 Å². The number of nitrogens with one attached hydrogen (secondary N) is 2. The van der Waals surface area contributed by atoms with Crippen LogP contribution in [0.25, 0.3) is 0 Å². The third-order valence-electron chi connectivity index (χ3n) is 6.54. The van der Waals surface area contributed by atoms with Gasteiger partial charge in [0.1, 0.15) is 5.75 Å². The fraction of sp³-hybridized carbons (Fsp3) is 0.625. The van der Waals surface area contributed by atoms with Crippen molar-refractivity contribution in [2.24, 2.45) is 10.9 Å². The van der Waals surface area contributed by atoms with Gasteiger partial charge < -0.3 is 15.4 Å². The zero-order chi connectivity index (χ0) is 21.3. The molecule has 6 heteroatoms. The predicted molar refractivity (Wildman–Crippen MR) is 125 cm³/mol. The molecular formula is C24H39N5O. The number of piperidine rings is 2. The van der Waals surface area contributed by atoms with Crippen LogP contribution in [-0.4, -0.2) is 75.7 Å². The van der Waals surface area contributed by atoms with Crippen LogP contribution in [0.4, 0.5) is 0 Å². The molecule has 2 heterocycles. The molecule has 2 saturated heterocycles. The molecule has 3 rings (SSSR count). The molecule has 0 spiro atoms. The summed E-state index contributed by atoms with van der Waals surface area (Å²) in [6.07, 6.45) is 6.76. The Morgan fingerprint density at radius 2 is 1.93 bits per heavy atom. The number of hydrogen-bond acceptors (Lipinski definition) is 4. The minimum Gasteiger partial charge on any atom is -0.497 e. The molecule has 6 nitrogen and oxygen atoms in total. The summed E-state index contributed by atoms with van der Waals surface area (Å²) in [5.74, 6) is 2.39. The van der Waals surface area contributed by atoms with Crippen molar-refractivity contribution < 1.29 is 4.74 Å². The van der Waals surface area contributed by atoms with Gasteiger partial charge in [-0.05, 0) is 62.9 Å². The summed E-state index contributed by atoms with van der Waals surface area (Å²) >= 11 is 0. The summed E-state index contributed by atoms with van der Waals surface area (Å²) in [5.41, 5.74) is 1.36. The zero-order valence-electron chi connectivity index (χ0n) is 18.9. The van der Waals surface area contributed by atoms with Crippen LogP contribution in [0.3, 0.4) is 0 Å². The van der Waals surface area contributed by atoms with Crippen molar-refractivity contribution in [1.29, 1.82) is 0 Å². The first-order valence-corrected chi connectivity index (χ1v) is 11.3. The van der Waals surface area contributed by atoms with E-state index >= 15 is 0 Å². The Morgan fingerprint density at radius 1 is 1.20 bits per heavy atom. The number of ether oxygens (including phenoxy) is 1. The second-order valence-electron chi connectivity index (χ2n) is 8.56. The van der Waals surface area contributed by atoms with E-state index < -0.39 is 0 Å². The zero-order valence-corrected chi connectivity index (χ0v) is 18.9. The van der Waals surface area contributed by atoms with Crippen LogP contribution >= 0.6 is 0 Å². The number of aliphatic imine (C=N–C) groups is 1. The molecule has 2 fully saturated rings. The molecule has 1 aromatic rings. The van der Waals surface area contributed by atoms with Crippen molar-refractivity contribution in [3.05, 3.63) is 42.5 Å². The fourth-order valence-corrected chi connectivity index (χ4v) is 4.86. The number of hydrogen-bond donors (Lipinski definition) is 2. The predicted octanol–water partition coefficient (Wildman–Crippen LogP) is 2.89. The molecule has 166 valence electrons. The lowest BCUT2D eigenvalue weighted by Crippen LogP contribution is -2.50. The van der Waals surface area contributed by atoms with Gasteiger partial charge >= 0.3 is 0 Å². The first-order chi connectivity index (χ1) is 14.6. The van der Waals surface area contributed by atoms with E-state index in [1.54, 1.807) is 7.11 Å². The molecule has 2 aliphatic heterocycles. The van der Waals surface area contributed by atoms with Gasteiger partial charge in [-0.25, -0.2) is 0 Å². The molecule has 30 heavy (non-hydrogen) atoms. The van der Waals surface area contributed by atoms with Gasteiger partial charge in [-0.2, -0.15) is 0 Å². The SMILES string of the molecule is C=CCN1CCC(NC(=NC)NCC2CCCN(C)C2c2ccc(OC)cc2)CC1. The van der Waals surface area contributed by atoms with Crippen LogP contribution < -0.4 is 15.4 Å². The second-order valence-corrected chi connectivity index (χ2v) is 8.56. The molecule has 2 N–H and O–H groups in total. The molecule has 0 bridgehead atoms. The van der Waals surface area contributed by atoms with E-state index in [2.05, 4.69) is 63.3 Å². The van der Waals surface area contributed by atoms with Gasteiger partial charge in [-0.3, -0.25) is 14.8 Å². The van der Waals surface area contributed by atoms with E-state index in [0.29, 0.717) is 18.0 Å². The topological polar surface area (TPSA) is 52.1 Å². The highest BCUT2D eigenvalue weighted by atomic mass is 16.5. The molecule has 0 aliphatic carbocycles. The quantitative estimate of drug-likeness (QED) is 0.409. The van der Waals surface area contributed by atoms with E-state index in [1.165, 1.54) is 18.4 Å². The van der Waals surface area contributed by atoms with Gasteiger partial charge in [-0.15, -0.1) is 6.58 Å². The van der Waals surface area contributed by atoms with Crippen LogP contribution in [0.15, 0.2) is 41.9 Å². The second kappa shape index (κ2) is 11.4. The normalized spacial score (nSPS) is 24.4. The molecule has 2 aliphatic rings. The number of benzene rings is 1. The smallest absolute Gasteiger partial charge is 0.191 e. The van der Waals surface area contributed by atoms with Crippen molar-refractivity contribution >= 4 is 5.96 Å². The van der Waals surface area contributed by atoms with E-state index in [0.717, 1.165) is 57.3 Å². The molecule has 0 radical (unpaired) electrons. The van der Waals surface area contributed by atoms with Crippen LogP contribution in [0.1, 0.15) is 37.3 Å². The highest BCUT2D eigenvalue weighted by molar-refractivity contribution is 5.80. The van der Waals surface area contributed by atoms with Crippen molar-refractivity contribution in [3.8, 4) is 5.75 Å². The highest BCUT2D eigenvalue weighted by Gasteiger charge is 2.30. The molecule has 0 amide bonds. The third kappa shape index (κ3) is 5.99. The summed E-state index contributed by atoms with van der Waals surface area (Å²) in [6, 6.07) is 9.47. The number of methoxy groups -OCH3 is 1. The van der Waals surface area contributed by atoms with E-state index in [4.69, 9.17) is 4.74 Å². The molecule has 2 atom stereocenters. The van der Waals surface area contributed by atoms with Crippen LogP contribution in [-0.2, 0) is 0 Å². The maximum absolute atomic E-state index is 5.34. The summed E-state index contributed by atoms with van der Waals surface area (Å²) < 4.78 is 5.34. The lowest BCUT2D eigenvalue weighted by Gasteiger charge is -2.40.